The molecule has 0 amide bonds. The fourth-order valence-corrected chi connectivity index (χ4v) is 2.07. The molecule has 3 heteroatoms. The Kier molecular flexibility index (Phi) is 3.79. The van der Waals surface area contributed by atoms with E-state index in [0.717, 1.165) is 30.6 Å². The number of hydrogen-bond acceptors (Lipinski definition) is 2. The monoisotopic (exact) mass is 235 g/mol. The quantitative estimate of drug-likeness (QED) is 0.747. The van der Waals surface area contributed by atoms with E-state index < -0.39 is 0 Å². The smallest absolute Gasteiger partial charge is 0.146 e. The van der Waals surface area contributed by atoms with E-state index in [2.05, 4.69) is 6.58 Å². The van der Waals surface area contributed by atoms with Crippen LogP contribution >= 0.6 is 0 Å². The number of hydrogen-bond donors (Lipinski definition) is 0. The number of benzene rings is 1. The molecule has 17 heavy (non-hydrogen) atoms. The fraction of sp³-hybridized carbons (Fsp3) is 0.429. The number of allylic oxidation sites excluding steroid dienone is 1. The van der Waals surface area contributed by atoms with E-state index in [0.29, 0.717) is 18.9 Å². The van der Waals surface area contributed by atoms with Gasteiger partial charge in [-0.3, -0.25) is 0 Å². The van der Waals surface area contributed by atoms with E-state index in [1.54, 1.807) is 6.07 Å². The standard InChI is InChI=1S/C14H18FNO/c1-11(2)9-12-3-4-14(13(15)10-12)16-5-7-17-8-6-16/h3-4,10H,1,5-9H2,2H3. The van der Waals surface area contributed by atoms with Crippen molar-refractivity contribution in [1.82, 2.24) is 0 Å². The lowest BCUT2D eigenvalue weighted by atomic mass is 10.1. The van der Waals surface area contributed by atoms with Crippen LogP contribution in [-0.2, 0) is 11.2 Å². The second-order valence-corrected chi connectivity index (χ2v) is 4.52. The molecule has 0 N–H and O–H groups in total. The molecule has 1 aromatic carbocycles. The topological polar surface area (TPSA) is 12.5 Å². The van der Waals surface area contributed by atoms with Crippen LogP contribution < -0.4 is 4.90 Å². The molecule has 1 saturated heterocycles. The molecule has 1 heterocycles. The van der Waals surface area contributed by atoms with Gasteiger partial charge in [0.15, 0.2) is 0 Å². The summed E-state index contributed by atoms with van der Waals surface area (Å²) in [6.07, 6.45) is 0.736. The van der Waals surface area contributed by atoms with Gasteiger partial charge in [-0.2, -0.15) is 0 Å². The van der Waals surface area contributed by atoms with Gasteiger partial charge >= 0.3 is 0 Å². The Morgan fingerprint density at radius 2 is 2.12 bits per heavy atom. The second kappa shape index (κ2) is 5.32. The molecule has 1 aliphatic heterocycles. The zero-order valence-electron chi connectivity index (χ0n) is 10.2. The van der Waals surface area contributed by atoms with E-state index in [1.165, 1.54) is 0 Å². The predicted octanol–water partition coefficient (Wildman–Crippen LogP) is 2.78. The number of anilines is 1. The SMILES string of the molecule is C=C(C)Cc1ccc(N2CCOCC2)c(F)c1. The molecule has 0 aliphatic carbocycles. The van der Waals surface area contributed by atoms with Gasteiger partial charge in [0.05, 0.1) is 18.9 Å². The highest BCUT2D eigenvalue weighted by Gasteiger charge is 2.15. The summed E-state index contributed by atoms with van der Waals surface area (Å²) in [6.45, 7) is 8.66. The van der Waals surface area contributed by atoms with Gasteiger partial charge in [-0.05, 0) is 31.0 Å². The molecular formula is C14H18FNO. The fourth-order valence-electron chi connectivity index (χ4n) is 2.07. The summed E-state index contributed by atoms with van der Waals surface area (Å²) in [4.78, 5) is 2.03. The van der Waals surface area contributed by atoms with Crippen LogP contribution in [0.5, 0.6) is 0 Å². The minimum Gasteiger partial charge on any atom is -0.378 e. The zero-order valence-corrected chi connectivity index (χ0v) is 10.2. The molecule has 1 aliphatic rings. The number of rotatable bonds is 3. The highest BCUT2D eigenvalue weighted by atomic mass is 19.1. The van der Waals surface area contributed by atoms with Crippen molar-refractivity contribution in [2.75, 3.05) is 31.2 Å². The Bertz CT molecular complexity index is 411. The zero-order chi connectivity index (χ0) is 12.3. The Morgan fingerprint density at radius 1 is 1.41 bits per heavy atom. The van der Waals surface area contributed by atoms with Crippen molar-refractivity contribution in [2.45, 2.75) is 13.3 Å². The second-order valence-electron chi connectivity index (χ2n) is 4.52. The van der Waals surface area contributed by atoms with E-state index in [9.17, 15) is 4.39 Å². The van der Waals surface area contributed by atoms with Crippen LogP contribution in [0, 0.1) is 5.82 Å². The van der Waals surface area contributed by atoms with Crippen LogP contribution in [-0.4, -0.2) is 26.3 Å². The summed E-state index contributed by atoms with van der Waals surface area (Å²) in [5.41, 5.74) is 2.70. The van der Waals surface area contributed by atoms with E-state index in [1.807, 2.05) is 24.0 Å². The highest BCUT2D eigenvalue weighted by molar-refractivity contribution is 5.49. The molecule has 2 nitrogen and oxygen atoms in total. The van der Waals surface area contributed by atoms with Crippen LogP contribution in [0.2, 0.25) is 0 Å². The van der Waals surface area contributed by atoms with Gasteiger partial charge in [-0.1, -0.05) is 18.2 Å². The Balaban J connectivity index is 2.15. The van der Waals surface area contributed by atoms with Crippen molar-refractivity contribution >= 4 is 5.69 Å². The molecule has 0 atom stereocenters. The maximum Gasteiger partial charge on any atom is 0.146 e. The number of halogens is 1. The average molecular weight is 235 g/mol. The normalized spacial score (nSPS) is 16.0. The van der Waals surface area contributed by atoms with E-state index in [4.69, 9.17) is 4.74 Å². The summed E-state index contributed by atoms with van der Waals surface area (Å²) in [5.74, 6) is -0.148. The van der Waals surface area contributed by atoms with E-state index in [-0.39, 0.29) is 5.82 Å². The van der Waals surface area contributed by atoms with E-state index >= 15 is 0 Å². The van der Waals surface area contributed by atoms with Crippen LogP contribution in [0.4, 0.5) is 10.1 Å². The maximum absolute atomic E-state index is 14.0. The predicted molar refractivity (Wildman–Crippen MR) is 68.0 cm³/mol. The van der Waals surface area contributed by atoms with Gasteiger partial charge < -0.3 is 9.64 Å². The van der Waals surface area contributed by atoms with Gasteiger partial charge in [0.25, 0.3) is 0 Å². The molecule has 0 spiro atoms. The Morgan fingerprint density at radius 3 is 2.71 bits per heavy atom. The lowest BCUT2D eigenvalue weighted by molar-refractivity contribution is 0.122. The van der Waals surface area contributed by atoms with Crippen LogP contribution in [0.1, 0.15) is 12.5 Å². The first-order chi connectivity index (χ1) is 8.16. The van der Waals surface area contributed by atoms with Crippen LogP contribution in [0.25, 0.3) is 0 Å². The summed E-state index contributed by atoms with van der Waals surface area (Å²) in [6, 6.07) is 5.45. The maximum atomic E-state index is 14.0. The van der Waals surface area contributed by atoms with Crippen LogP contribution in [0.3, 0.4) is 0 Å². The van der Waals surface area contributed by atoms with Gasteiger partial charge in [-0.25, -0.2) is 4.39 Å². The third-order valence-corrected chi connectivity index (χ3v) is 2.87. The first-order valence-corrected chi connectivity index (χ1v) is 5.92. The van der Waals surface area contributed by atoms with Gasteiger partial charge in [0.2, 0.25) is 0 Å². The van der Waals surface area contributed by atoms with Crippen molar-refractivity contribution in [3.63, 3.8) is 0 Å². The summed E-state index contributed by atoms with van der Waals surface area (Å²) >= 11 is 0. The first kappa shape index (κ1) is 12.1. The number of nitrogens with zero attached hydrogens (tertiary/aromatic N) is 1. The molecule has 1 aromatic rings. The van der Waals surface area contributed by atoms with Crippen molar-refractivity contribution < 1.29 is 9.13 Å². The molecular weight excluding hydrogens is 217 g/mol. The largest absolute Gasteiger partial charge is 0.378 e. The highest BCUT2D eigenvalue weighted by Crippen LogP contribution is 2.22. The minimum absolute atomic E-state index is 0.148. The summed E-state index contributed by atoms with van der Waals surface area (Å²) in [7, 11) is 0. The first-order valence-electron chi connectivity index (χ1n) is 5.92. The Labute approximate surface area is 102 Å². The molecule has 0 aromatic heterocycles. The minimum atomic E-state index is -0.148. The van der Waals surface area contributed by atoms with Crippen LogP contribution in [0.15, 0.2) is 30.4 Å². The van der Waals surface area contributed by atoms with Crippen molar-refractivity contribution in [1.29, 1.82) is 0 Å². The van der Waals surface area contributed by atoms with Crippen molar-refractivity contribution in [3.8, 4) is 0 Å². The summed E-state index contributed by atoms with van der Waals surface area (Å²) in [5, 5.41) is 0. The molecule has 2 rings (SSSR count). The van der Waals surface area contributed by atoms with Gasteiger partial charge in [-0.15, -0.1) is 0 Å². The lowest BCUT2D eigenvalue weighted by Gasteiger charge is -2.29. The molecule has 0 saturated carbocycles. The molecule has 0 unspecified atom stereocenters. The molecule has 92 valence electrons. The average Bonchev–Trinajstić information content (AvgIpc) is 2.29. The summed E-state index contributed by atoms with van der Waals surface area (Å²) < 4.78 is 19.2. The third kappa shape index (κ3) is 3.07. The third-order valence-electron chi connectivity index (χ3n) is 2.87. The van der Waals surface area contributed by atoms with Crippen molar-refractivity contribution in [2.24, 2.45) is 0 Å². The lowest BCUT2D eigenvalue weighted by Crippen LogP contribution is -2.36. The molecule has 0 bridgehead atoms. The Hall–Kier alpha value is -1.35. The van der Waals surface area contributed by atoms with Gasteiger partial charge in [0, 0.05) is 13.1 Å². The number of morpholine rings is 1. The number of ether oxygens (including phenoxy) is 1. The molecule has 0 radical (unpaired) electrons. The van der Waals surface area contributed by atoms with Gasteiger partial charge in [0.1, 0.15) is 5.82 Å². The van der Waals surface area contributed by atoms with Crippen molar-refractivity contribution in [3.05, 3.63) is 41.7 Å². The molecule has 1 fully saturated rings.